The number of hydrogen-bond donors (Lipinski definition) is 2. The van der Waals surface area contributed by atoms with E-state index in [9.17, 15) is 4.79 Å². The van der Waals surface area contributed by atoms with E-state index in [2.05, 4.69) is 17.6 Å². The number of benzene rings is 1. The van der Waals surface area contributed by atoms with Gasteiger partial charge in [-0.3, -0.25) is 4.79 Å². The van der Waals surface area contributed by atoms with Gasteiger partial charge >= 0.3 is 0 Å². The van der Waals surface area contributed by atoms with Gasteiger partial charge in [0.1, 0.15) is 6.10 Å². The molecule has 0 spiro atoms. The van der Waals surface area contributed by atoms with Gasteiger partial charge in [-0.05, 0) is 37.9 Å². The number of rotatable bonds is 7. The van der Waals surface area contributed by atoms with E-state index in [0.717, 1.165) is 37.2 Å². The van der Waals surface area contributed by atoms with Crippen LogP contribution in [0.2, 0.25) is 0 Å². The van der Waals surface area contributed by atoms with E-state index in [1.165, 1.54) is 25.7 Å². The highest BCUT2D eigenvalue weighted by Gasteiger charge is 2.21. The van der Waals surface area contributed by atoms with Crippen molar-refractivity contribution in [3.05, 3.63) is 29.8 Å². The van der Waals surface area contributed by atoms with E-state index in [4.69, 9.17) is 4.74 Å². The van der Waals surface area contributed by atoms with E-state index in [0.29, 0.717) is 0 Å². The maximum Gasteiger partial charge on any atom is 0.253 e. The Morgan fingerprint density at radius 1 is 1.21 bits per heavy atom. The minimum atomic E-state index is -0.412. The second-order valence-corrected chi connectivity index (χ2v) is 6.32. The third kappa shape index (κ3) is 6.80. The zero-order valence-electron chi connectivity index (χ0n) is 14.8. The first kappa shape index (κ1) is 20.9. The number of amides is 1. The number of carbonyl (C=O) groups is 1. The van der Waals surface area contributed by atoms with E-state index in [1.807, 2.05) is 31.2 Å². The summed E-state index contributed by atoms with van der Waals surface area (Å²) in [5, 5.41) is 6.32. The number of hydrogen-bond acceptors (Lipinski definition) is 3. The third-order valence-corrected chi connectivity index (χ3v) is 4.41. The lowest BCUT2D eigenvalue weighted by atomic mass is 10.1. The fourth-order valence-electron chi connectivity index (χ4n) is 3.02. The Bertz CT molecular complexity index is 488. The highest BCUT2D eigenvalue weighted by atomic mass is 35.5. The molecule has 24 heavy (non-hydrogen) atoms. The molecule has 0 heterocycles. The van der Waals surface area contributed by atoms with Gasteiger partial charge in [0.25, 0.3) is 5.91 Å². The normalized spacial score (nSPS) is 16.8. The molecule has 5 heteroatoms. The molecule has 0 bridgehead atoms. The van der Waals surface area contributed by atoms with Gasteiger partial charge in [0, 0.05) is 12.2 Å². The first-order valence-corrected chi connectivity index (χ1v) is 8.95. The number of nitrogens with one attached hydrogen (secondary N) is 2. The average molecular weight is 355 g/mol. The Kier molecular flexibility index (Phi) is 9.99. The molecule has 1 unspecified atom stereocenters. The number of ether oxygens (including phenoxy) is 1. The van der Waals surface area contributed by atoms with Gasteiger partial charge in [-0.2, -0.15) is 0 Å². The largest absolute Gasteiger partial charge is 0.365 e. The van der Waals surface area contributed by atoms with Crippen molar-refractivity contribution >= 4 is 24.0 Å². The van der Waals surface area contributed by atoms with Crippen molar-refractivity contribution in [1.82, 2.24) is 5.32 Å². The molecule has 4 nitrogen and oxygen atoms in total. The van der Waals surface area contributed by atoms with Crippen LogP contribution in [0.1, 0.15) is 57.9 Å². The summed E-state index contributed by atoms with van der Waals surface area (Å²) in [7, 11) is 0. The summed E-state index contributed by atoms with van der Waals surface area (Å²) in [5.74, 6) is -0.0572. The molecule has 2 rings (SSSR count). The highest BCUT2D eigenvalue weighted by molar-refractivity contribution is 5.94. The van der Waals surface area contributed by atoms with Crippen molar-refractivity contribution in [3.63, 3.8) is 0 Å². The molecule has 2 N–H and O–H groups in total. The second kappa shape index (κ2) is 11.5. The van der Waals surface area contributed by atoms with Gasteiger partial charge in [-0.15, -0.1) is 12.4 Å². The monoisotopic (exact) mass is 354 g/mol. The molecule has 0 saturated heterocycles. The van der Waals surface area contributed by atoms with E-state index >= 15 is 0 Å². The Balaban J connectivity index is 0.00000288. The van der Waals surface area contributed by atoms with E-state index in [-0.39, 0.29) is 24.4 Å². The lowest BCUT2D eigenvalue weighted by Gasteiger charge is -2.21. The van der Waals surface area contributed by atoms with Gasteiger partial charge in [-0.1, -0.05) is 50.8 Å². The number of para-hydroxylation sites is 1. The Morgan fingerprint density at radius 3 is 2.54 bits per heavy atom. The maximum absolute atomic E-state index is 12.4. The van der Waals surface area contributed by atoms with Crippen molar-refractivity contribution in [1.29, 1.82) is 0 Å². The van der Waals surface area contributed by atoms with Crippen LogP contribution in [0.4, 0.5) is 5.69 Å². The summed E-state index contributed by atoms with van der Waals surface area (Å²) < 4.78 is 6.00. The molecule has 1 aliphatic rings. The van der Waals surface area contributed by atoms with Crippen molar-refractivity contribution in [2.75, 3.05) is 11.9 Å². The molecule has 0 aromatic heterocycles. The molecule has 1 aromatic rings. The Hall–Kier alpha value is -1.10. The molecule has 1 amide bonds. The molecule has 136 valence electrons. The molecule has 1 aliphatic carbocycles. The van der Waals surface area contributed by atoms with Crippen molar-refractivity contribution in [2.45, 2.75) is 71.1 Å². The summed E-state index contributed by atoms with van der Waals surface area (Å²) >= 11 is 0. The average Bonchev–Trinajstić information content (AvgIpc) is 2.82. The fraction of sp³-hybridized carbons (Fsp3) is 0.632. The van der Waals surface area contributed by atoms with Crippen molar-refractivity contribution < 1.29 is 9.53 Å². The molecule has 1 saturated carbocycles. The smallest absolute Gasteiger partial charge is 0.253 e. The van der Waals surface area contributed by atoms with Gasteiger partial charge in [0.2, 0.25) is 0 Å². The van der Waals surface area contributed by atoms with Gasteiger partial charge in [0.15, 0.2) is 0 Å². The zero-order valence-corrected chi connectivity index (χ0v) is 15.7. The summed E-state index contributed by atoms with van der Waals surface area (Å²) in [6.45, 7) is 5.59. The van der Waals surface area contributed by atoms with Crippen LogP contribution in [0.5, 0.6) is 0 Å². The summed E-state index contributed by atoms with van der Waals surface area (Å²) in [5.41, 5.74) is 1.97. The number of anilines is 1. The van der Waals surface area contributed by atoms with Crippen LogP contribution in [-0.4, -0.2) is 24.7 Å². The van der Waals surface area contributed by atoms with Crippen LogP contribution in [-0.2, 0) is 16.1 Å². The molecule has 0 radical (unpaired) electrons. The van der Waals surface area contributed by atoms with Crippen LogP contribution in [0, 0.1) is 0 Å². The minimum Gasteiger partial charge on any atom is -0.365 e. The number of halogens is 1. The molecule has 0 aliphatic heterocycles. The third-order valence-electron chi connectivity index (χ3n) is 4.41. The number of carbonyl (C=O) groups excluding carboxylic acids is 1. The maximum atomic E-state index is 12.4. The summed E-state index contributed by atoms with van der Waals surface area (Å²) in [4.78, 5) is 12.4. The first-order valence-electron chi connectivity index (χ1n) is 8.95. The van der Waals surface area contributed by atoms with Crippen molar-refractivity contribution in [2.24, 2.45) is 0 Å². The van der Waals surface area contributed by atoms with Crippen LogP contribution >= 0.6 is 12.4 Å². The van der Waals surface area contributed by atoms with Gasteiger partial charge in [-0.25, -0.2) is 0 Å². The first-order chi connectivity index (χ1) is 11.2. The predicted octanol–water partition coefficient (Wildman–Crippen LogP) is 4.28. The molecular formula is C19H31ClN2O2. The quantitative estimate of drug-likeness (QED) is 0.718. The topological polar surface area (TPSA) is 50.4 Å². The summed E-state index contributed by atoms with van der Waals surface area (Å²) in [6, 6.07) is 7.92. The zero-order chi connectivity index (χ0) is 16.5. The van der Waals surface area contributed by atoms with Crippen LogP contribution in [0.25, 0.3) is 0 Å². The predicted molar refractivity (Wildman–Crippen MR) is 102 cm³/mol. The van der Waals surface area contributed by atoms with Gasteiger partial charge < -0.3 is 15.4 Å². The van der Waals surface area contributed by atoms with E-state index in [1.54, 1.807) is 0 Å². The molecule has 1 fully saturated rings. The highest BCUT2D eigenvalue weighted by Crippen LogP contribution is 2.22. The van der Waals surface area contributed by atoms with Crippen LogP contribution < -0.4 is 10.6 Å². The van der Waals surface area contributed by atoms with E-state index < -0.39 is 6.10 Å². The fourth-order valence-corrected chi connectivity index (χ4v) is 3.02. The minimum absolute atomic E-state index is 0. The standard InChI is InChI=1S/C19H30N2O2.ClH/c1-3-20-14-16-10-8-9-13-18(16)21-19(22)15(2)23-17-11-6-4-5-7-12-17;/h8-10,13,15,17,20H,3-7,11-12,14H2,1-2H3,(H,21,22);1H. The molecule has 1 atom stereocenters. The molecule has 1 aromatic carbocycles. The lowest BCUT2D eigenvalue weighted by molar-refractivity contribution is -0.130. The van der Waals surface area contributed by atoms with Crippen molar-refractivity contribution in [3.8, 4) is 0 Å². The second-order valence-electron chi connectivity index (χ2n) is 6.32. The van der Waals surface area contributed by atoms with Crippen LogP contribution in [0.15, 0.2) is 24.3 Å². The Labute approximate surface area is 152 Å². The van der Waals surface area contributed by atoms with Crippen LogP contribution in [0.3, 0.4) is 0 Å². The molecular weight excluding hydrogens is 324 g/mol. The lowest BCUT2D eigenvalue weighted by Crippen LogP contribution is -2.32. The Morgan fingerprint density at radius 2 is 1.88 bits per heavy atom. The van der Waals surface area contributed by atoms with Gasteiger partial charge in [0.05, 0.1) is 6.10 Å². The SMILES string of the molecule is CCNCc1ccccc1NC(=O)C(C)OC1CCCCCC1.Cl. The summed E-state index contributed by atoms with van der Waals surface area (Å²) in [6.07, 6.45) is 6.98.